The van der Waals surface area contributed by atoms with Gasteiger partial charge in [-0.3, -0.25) is 0 Å². The van der Waals surface area contributed by atoms with E-state index in [0.717, 1.165) is 33.5 Å². The molecule has 0 radical (unpaired) electrons. The minimum absolute atomic E-state index is 0.263. The maximum atomic E-state index is 12.4. The molecule has 4 aromatic rings. The molecule has 0 fully saturated rings. The van der Waals surface area contributed by atoms with Gasteiger partial charge in [0, 0.05) is 64.3 Å². The van der Waals surface area contributed by atoms with E-state index >= 15 is 0 Å². The molecule has 6 nitrogen and oxygen atoms in total. The second-order valence-electron chi connectivity index (χ2n) is 10.5. The van der Waals surface area contributed by atoms with Crippen LogP contribution in [-0.2, 0) is 10.1 Å². The molecule has 1 aliphatic heterocycles. The fraction of sp³-hybridized carbons (Fsp3) is 0.114. The largest absolute Gasteiger partial charge is 0.744 e. The lowest BCUT2D eigenvalue weighted by Gasteiger charge is -2.23. The van der Waals surface area contributed by atoms with Crippen molar-refractivity contribution in [3.8, 4) is 22.5 Å². The van der Waals surface area contributed by atoms with Gasteiger partial charge in [-0.15, -0.1) is 0 Å². The van der Waals surface area contributed by atoms with E-state index in [1.807, 2.05) is 74.8 Å². The number of hydrogen-bond acceptors (Lipinski definition) is 5. The second kappa shape index (κ2) is 10.6. The number of rotatable bonds is 5. The van der Waals surface area contributed by atoms with Crippen molar-refractivity contribution >= 4 is 38.1 Å². The van der Waals surface area contributed by atoms with Gasteiger partial charge in [0.2, 0.25) is 11.0 Å². The van der Waals surface area contributed by atoms with E-state index in [0.29, 0.717) is 33.4 Å². The van der Waals surface area contributed by atoms with Crippen LogP contribution in [0.25, 0.3) is 33.4 Å². The van der Waals surface area contributed by atoms with Crippen LogP contribution in [0.5, 0.6) is 0 Å². The zero-order valence-corrected chi connectivity index (χ0v) is 24.6. The van der Waals surface area contributed by atoms with E-state index in [9.17, 15) is 13.0 Å². The Balaban J connectivity index is 1.67. The molecule has 0 N–H and O–H groups in total. The van der Waals surface area contributed by atoms with E-state index in [2.05, 4.69) is 47.6 Å². The Bertz CT molecular complexity index is 2130. The molecule has 0 amide bonds. The molecule has 42 heavy (non-hydrogen) atoms. The summed E-state index contributed by atoms with van der Waals surface area (Å²) in [6.07, 6.45) is 0. The number of hydrogen-bond donors (Lipinski definition) is 0. The zero-order valence-electron chi connectivity index (χ0n) is 23.8. The molecule has 0 saturated carbocycles. The number of nitrogens with zero attached hydrogens (tertiary/aromatic N) is 2. The van der Waals surface area contributed by atoms with Gasteiger partial charge in [0.1, 0.15) is 28.5 Å². The first-order valence-electron chi connectivity index (χ1n) is 13.6. The maximum Gasteiger partial charge on any atom is 0.209 e. The van der Waals surface area contributed by atoms with Crippen molar-refractivity contribution in [2.24, 2.45) is 0 Å². The standard InChI is InChI=1S/C35H30N2O4S/c1-23-11-5-8-14-30(23)36(3)25-17-19-27-32(21-25)41-33-22-26(37(4)31-15-9-6-12-24(31)2)18-20-28(33)35(27)29-13-7-10-16-34(29)42(38,39)40/h5-22H,1-4H3. The molecule has 0 bridgehead atoms. The molecule has 0 unspecified atom stereocenters. The van der Waals surface area contributed by atoms with E-state index in [1.54, 1.807) is 18.2 Å². The van der Waals surface area contributed by atoms with Crippen LogP contribution >= 0.6 is 0 Å². The van der Waals surface area contributed by atoms with Crippen LogP contribution in [0.3, 0.4) is 0 Å². The summed E-state index contributed by atoms with van der Waals surface area (Å²) in [7, 11) is -0.741. The van der Waals surface area contributed by atoms with Crippen LogP contribution in [0.1, 0.15) is 11.1 Å². The summed E-state index contributed by atoms with van der Waals surface area (Å²) in [5.41, 5.74) is 7.55. The van der Waals surface area contributed by atoms with Gasteiger partial charge in [-0.05, 0) is 49.7 Å². The Kier molecular flexibility index (Phi) is 6.93. The first-order valence-corrected chi connectivity index (χ1v) is 15.0. The van der Waals surface area contributed by atoms with Crippen molar-refractivity contribution in [1.29, 1.82) is 0 Å². The normalized spacial score (nSPS) is 12.5. The van der Waals surface area contributed by atoms with Crippen molar-refractivity contribution in [2.45, 2.75) is 18.7 Å². The lowest BCUT2D eigenvalue weighted by atomic mass is 9.93. The van der Waals surface area contributed by atoms with Gasteiger partial charge in [0.05, 0.1) is 11.0 Å². The lowest BCUT2D eigenvalue weighted by Crippen LogP contribution is -2.22. The van der Waals surface area contributed by atoms with Crippen molar-refractivity contribution in [1.82, 2.24) is 4.58 Å². The molecule has 0 spiro atoms. The number of anilines is 2. The van der Waals surface area contributed by atoms with Crippen LogP contribution in [0.4, 0.5) is 17.1 Å². The Morgan fingerprint density at radius 2 is 1.45 bits per heavy atom. The summed E-state index contributed by atoms with van der Waals surface area (Å²) in [6, 6.07) is 34.4. The highest BCUT2D eigenvalue weighted by atomic mass is 32.2. The van der Waals surface area contributed by atoms with E-state index in [-0.39, 0.29) is 4.90 Å². The Morgan fingerprint density at radius 1 is 0.762 bits per heavy atom. The van der Waals surface area contributed by atoms with Crippen LogP contribution < -0.4 is 14.8 Å². The summed E-state index contributed by atoms with van der Waals surface area (Å²) in [5, 5.41) is 1.62. The Hall–Kier alpha value is -4.72. The van der Waals surface area contributed by atoms with Gasteiger partial charge in [-0.25, -0.2) is 8.42 Å². The average molecular weight is 575 g/mol. The first kappa shape index (κ1) is 27.4. The molecule has 2 aliphatic rings. The third kappa shape index (κ3) is 4.87. The maximum absolute atomic E-state index is 12.4. The van der Waals surface area contributed by atoms with Crippen molar-refractivity contribution in [3.05, 3.63) is 126 Å². The lowest BCUT2D eigenvalue weighted by molar-refractivity contribution is 0.463. The van der Waals surface area contributed by atoms with E-state index in [4.69, 9.17) is 4.42 Å². The second-order valence-corrected chi connectivity index (χ2v) is 11.8. The SMILES string of the molecule is Cc1ccccc1N(C)c1ccc2c(-c3ccccc3S(=O)(=O)[O-])c3ccc(=[N+](C)c4ccccc4C)cc-3oc2c1. The van der Waals surface area contributed by atoms with E-state index in [1.165, 1.54) is 6.07 Å². The van der Waals surface area contributed by atoms with Crippen LogP contribution in [0, 0.1) is 13.8 Å². The Morgan fingerprint density at radius 3 is 2.19 bits per heavy atom. The molecule has 210 valence electrons. The third-order valence-corrected chi connectivity index (χ3v) is 8.74. The van der Waals surface area contributed by atoms with Gasteiger partial charge in [-0.2, -0.15) is 4.58 Å². The van der Waals surface area contributed by atoms with Crippen LogP contribution in [0.2, 0.25) is 0 Å². The highest BCUT2D eigenvalue weighted by Crippen LogP contribution is 2.43. The van der Waals surface area contributed by atoms with Crippen molar-refractivity contribution < 1.29 is 17.4 Å². The number of fused-ring (bicyclic) bond motifs is 2. The van der Waals surface area contributed by atoms with Crippen LogP contribution in [0.15, 0.2) is 119 Å². The Labute approximate surface area is 245 Å². The molecule has 6 rings (SSSR count). The molecule has 0 saturated heterocycles. The molecule has 4 aromatic carbocycles. The molecule has 0 aromatic heterocycles. The minimum atomic E-state index is -4.74. The van der Waals surface area contributed by atoms with Gasteiger partial charge in [-0.1, -0.05) is 54.6 Å². The molecule has 1 aliphatic carbocycles. The topological polar surface area (TPSA) is 76.6 Å². The van der Waals surface area contributed by atoms with Crippen LogP contribution in [-0.4, -0.2) is 27.1 Å². The molecular formula is C35H30N2O4S. The van der Waals surface area contributed by atoms with Gasteiger partial charge in [0.25, 0.3) is 0 Å². The summed E-state index contributed by atoms with van der Waals surface area (Å²) in [4.78, 5) is 1.83. The van der Waals surface area contributed by atoms with E-state index < -0.39 is 10.1 Å². The van der Waals surface area contributed by atoms with Gasteiger partial charge < -0.3 is 13.9 Å². The monoisotopic (exact) mass is 574 g/mol. The fourth-order valence-corrected chi connectivity index (χ4v) is 6.31. The first-order chi connectivity index (χ1) is 20.1. The summed E-state index contributed by atoms with van der Waals surface area (Å²) >= 11 is 0. The summed E-state index contributed by atoms with van der Waals surface area (Å²) in [5.74, 6) is 0.573. The summed E-state index contributed by atoms with van der Waals surface area (Å²) < 4.78 is 45.8. The average Bonchev–Trinajstić information content (AvgIpc) is 2.98. The van der Waals surface area contributed by atoms with Crippen molar-refractivity contribution in [2.75, 3.05) is 19.0 Å². The smallest absolute Gasteiger partial charge is 0.209 e. The highest BCUT2D eigenvalue weighted by molar-refractivity contribution is 7.85. The molecular weight excluding hydrogens is 544 g/mol. The van der Waals surface area contributed by atoms with Gasteiger partial charge in [0.15, 0.2) is 0 Å². The highest BCUT2D eigenvalue weighted by Gasteiger charge is 2.23. The molecule has 0 atom stereocenters. The molecule has 7 heteroatoms. The number of aryl methyl sites for hydroxylation is 2. The van der Waals surface area contributed by atoms with Crippen molar-refractivity contribution in [3.63, 3.8) is 0 Å². The summed E-state index contributed by atoms with van der Waals surface area (Å²) in [6.45, 7) is 4.13. The molecule has 1 heterocycles. The predicted octanol–water partition coefficient (Wildman–Crippen LogP) is 7.23. The zero-order chi connectivity index (χ0) is 29.6. The predicted molar refractivity (Wildman–Crippen MR) is 168 cm³/mol. The number of para-hydroxylation sites is 2. The fourth-order valence-electron chi connectivity index (χ4n) is 5.62. The third-order valence-electron chi connectivity index (χ3n) is 7.84. The minimum Gasteiger partial charge on any atom is -0.744 e. The number of benzene rings is 5. The quantitative estimate of drug-likeness (QED) is 0.123. The van der Waals surface area contributed by atoms with Gasteiger partial charge >= 0.3 is 0 Å².